The van der Waals surface area contributed by atoms with Gasteiger partial charge in [-0.2, -0.15) is 0 Å². The van der Waals surface area contributed by atoms with E-state index in [1.54, 1.807) is 6.07 Å². The summed E-state index contributed by atoms with van der Waals surface area (Å²) in [5.74, 6) is -1.56. The van der Waals surface area contributed by atoms with Crippen molar-refractivity contribution in [2.45, 2.75) is 0 Å². The van der Waals surface area contributed by atoms with Crippen molar-refractivity contribution in [1.29, 1.82) is 0 Å². The van der Waals surface area contributed by atoms with Gasteiger partial charge in [-0.3, -0.25) is 0 Å². The van der Waals surface area contributed by atoms with Crippen LogP contribution in [0.15, 0.2) is 12.1 Å². The Balaban J connectivity index is 0.000000461. The van der Waals surface area contributed by atoms with Crippen LogP contribution in [0.25, 0.3) is 0 Å². The molecule has 0 fully saturated rings. The fourth-order valence-electron chi connectivity index (χ4n) is 0.470. The van der Waals surface area contributed by atoms with Gasteiger partial charge in [0.15, 0.2) is 0 Å². The molecule has 0 amide bonds. The second-order valence-electron chi connectivity index (χ2n) is 1.49. The van der Waals surface area contributed by atoms with Crippen LogP contribution in [0.1, 0.15) is 0 Å². The van der Waals surface area contributed by atoms with Crippen molar-refractivity contribution < 1.29 is 25.1 Å². The molecule has 1 aromatic carbocycles. The second kappa shape index (κ2) is 6.04. The Morgan fingerprint density at radius 1 is 1.27 bits per heavy atom. The zero-order chi connectivity index (χ0) is 8.85. The molecular weight excluding hydrogens is 291 g/mol. The third kappa shape index (κ3) is 4.83. The Kier molecular flexibility index (Phi) is 6.30. The van der Waals surface area contributed by atoms with Crippen LogP contribution in [-0.4, -0.2) is 0 Å². The minimum atomic E-state index is -0.778. The average molecular weight is 293 g/mol. The van der Waals surface area contributed by atoms with E-state index in [0.717, 1.165) is 12.1 Å². The molecule has 0 unspecified atom stereocenters. The molecule has 1 rings (SSSR count). The predicted molar refractivity (Wildman–Crippen MR) is 39.1 cm³/mol. The molecular formula is C6H2BrClF2Zn. The van der Waals surface area contributed by atoms with E-state index >= 15 is 0 Å². The van der Waals surface area contributed by atoms with Gasteiger partial charge < -0.3 is 0 Å². The predicted octanol–water partition coefficient (Wildman–Crippen LogP) is 3.26. The first kappa shape index (κ1) is 11.5. The maximum atomic E-state index is 12.0. The molecule has 0 N–H and O–H groups in total. The first-order valence-corrected chi connectivity index (χ1v) is 9.82. The molecule has 0 atom stereocenters. The van der Waals surface area contributed by atoms with Crippen LogP contribution in [0, 0.1) is 17.7 Å². The number of hydrogen-bond donors (Lipinski definition) is 0. The van der Waals surface area contributed by atoms with Crippen LogP contribution < -0.4 is 0 Å². The van der Waals surface area contributed by atoms with Crippen molar-refractivity contribution in [1.82, 2.24) is 0 Å². The Bertz CT molecular complexity index is 181. The van der Waals surface area contributed by atoms with Gasteiger partial charge in [-0.15, -0.1) is 29.8 Å². The van der Waals surface area contributed by atoms with Crippen LogP contribution in [0.2, 0.25) is 5.02 Å². The fraction of sp³-hybridized carbons (Fsp3) is 0. The zero-order valence-corrected chi connectivity index (χ0v) is 10.7. The Morgan fingerprint density at radius 2 is 1.64 bits per heavy atom. The van der Waals surface area contributed by atoms with Crippen LogP contribution in [-0.2, 0) is 16.3 Å². The summed E-state index contributed by atoms with van der Waals surface area (Å²) < 4.78 is 24.1. The summed E-state index contributed by atoms with van der Waals surface area (Å²) in [6.45, 7) is 0. The molecule has 1 aromatic rings. The van der Waals surface area contributed by atoms with Gasteiger partial charge in [-0.05, 0) is 0 Å². The van der Waals surface area contributed by atoms with E-state index in [0.29, 0.717) is 0 Å². The van der Waals surface area contributed by atoms with E-state index in [2.05, 4.69) is 13.6 Å². The molecule has 0 aliphatic heterocycles. The van der Waals surface area contributed by atoms with Gasteiger partial charge in [0.25, 0.3) is 0 Å². The first-order valence-electron chi connectivity index (χ1n) is 2.49. The van der Waals surface area contributed by atoms with Crippen LogP contribution in [0.3, 0.4) is 0 Å². The topological polar surface area (TPSA) is 0 Å². The van der Waals surface area contributed by atoms with E-state index < -0.39 is 11.6 Å². The summed E-state index contributed by atoms with van der Waals surface area (Å²) in [7, 11) is 0. The molecule has 5 heteroatoms. The standard InChI is InChI=1S/C6H2ClF2.BrH.Zn/c7-4-1-5(8)3-6(9)2-4;;/h1-2H;1H;/q-1;;+2/p-1. The minimum absolute atomic E-state index is 0.0451. The molecule has 11 heavy (non-hydrogen) atoms. The van der Waals surface area contributed by atoms with Gasteiger partial charge in [-0.1, -0.05) is 5.02 Å². The summed E-state index contributed by atoms with van der Waals surface area (Å²) in [4.78, 5) is 0. The van der Waals surface area contributed by atoms with E-state index in [1.807, 2.05) is 0 Å². The molecule has 0 saturated heterocycles. The van der Waals surface area contributed by atoms with E-state index in [9.17, 15) is 8.78 Å². The van der Waals surface area contributed by atoms with Crippen molar-refractivity contribution in [3.8, 4) is 0 Å². The Hall–Kier alpha value is 0.473. The summed E-state index contributed by atoms with van der Waals surface area (Å²) in [6, 6.07) is 3.77. The molecule has 0 spiro atoms. The summed E-state index contributed by atoms with van der Waals surface area (Å²) >= 11 is 9.50. The van der Waals surface area contributed by atoms with Crippen molar-refractivity contribution in [3.05, 3.63) is 34.9 Å². The molecule has 56 valence electrons. The number of hydrogen-bond acceptors (Lipinski definition) is 0. The normalized spacial score (nSPS) is 8.55. The van der Waals surface area contributed by atoms with Gasteiger partial charge in [0, 0.05) is 11.6 Å². The molecule has 0 aliphatic carbocycles. The maximum absolute atomic E-state index is 12.0. The molecule has 0 heterocycles. The van der Waals surface area contributed by atoms with Crippen molar-refractivity contribution in [2.24, 2.45) is 0 Å². The van der Waals surface area contributed by atoms with Crippen molar-refractivity contribution in [2.75, 3.05) is 0 Å². The van der Waals surface area contributed by atoms with Gasteiger partial charge in [-0.25, -0.2) is 8.78 Å². The third-order valence-electron chi connectivity index (χ3n) is 0.768. The molecule has 0 nitrogen and oxygen atoms in total. The number of halogens is 4. The molecule has 0 aromatic heterocycles. The summed E-state index contributed by atoms with van der Waals surface area (Å²) in [6.07, 6.45) is 0. The monoisotopic (exact) mass is 290 g/mol. The third-order valence-corrected chi connectivity index (χ3v) is 0.986. The quantitative estimate of drug-likeness (QED) is 0.509. The zero-order valence-electron chi connectivity index (χ0n) is 5.37. The molecule has 0 radical (unpaired) electrons. The fourth-order valence-corrected chi connectivity index (χ4v) is 0.662. The first-order chi connectivity index (χ1) is 5.18. The van der Waals surface area contributed by atoms with Crippen LogP contribution >= 0.6 is 25.2 Å². The van der Waals surface area contributed by atoms with E-state index in [-0.39, 0.29) is 5.02 Å². The molecule has 0 aliphatic rings. The second-order valence-corrected chi connectivity index (χ2v) is 1.93. The van der Waals surface area contributed by atoms with E-state index in [4.69, 9.17) is 11.6 Å². The van der Waals surface area contributed by atoms with Crippen molar-refractivity contribution >= 4 is 25.2 Å². The van der Waals surface area contributed by atoms with Gasteiger partial charge >= 0.3 is 30.0 Å². The average Bonchev–Trinajstić information content (AvgIpc) is 1.88. The van der Waals surface area contributed by atoms with Crippen LogP contribution in [0.5, 0.6) is 0 Å². The summed E-state index contributed by atoms with van der Waals surface area (Å²) in [5.41, 5.74) is 0. The number of rotatable bonds is 0. The van der Waals surface area contributed by atoms with Gasteiger partial charge in [0.05, 0.1) is 0 Å². The Morgan fingerprint density at radius 3 is 1.91 bits per heavy atom. The summed E-state index contributed by atoms with van der Waals surface area (Å²) in [5, 5.41) is 0.0451. The van der Waals surface area contributed by atoms with Crippen LogP contribution in [0.4, 0.5) is 8.78 Å². The van der Waals surface area contributed by atoms with Gasteiger partial charge in [0.1, 0.15) is 0 Å². The van der Waals surface area contributed by atoms with Gasteiger partial charge in [0.2, 0.25) is 0 Å². The van der Waals surface area contributed by atoms with Crippen molar-refractivity contribution in [3.63, 3.8) is 0 Å². The SMILES string of the molecule is Fc1[c-]c(F)cc(Cl)c1.[Zn+][Br]. The van der Waals surface area contributed by atoms with E-state index in [1.165, 1.54) is 16.3 Å². The Labute approximate surface area is 85.0 Å². The molecule has 0 bridgehead atoms. The number of benzene rings is 1. The molecule has 0 saturated carbocycles.